The van der Waals surface area contributed by atoms with E-state index in [0.29, 0.717) is 11.7 Å². The van der Waals surface area contributed by atoms with Gasteiger partial charge in [0.25, 0.3) is 0 Å². The highest BCUT2D eigenvalue weighted by molar-refractivity contribution is 8.00. The van der Waals surface area contributed by atoms with Crippen molar-refractivity contribution < 1.29 is 9.59 Å². The van der Waals surface area contributed by atoms with Crippen molar-refractivity contribution in [2.24, 2.45) is 5.92 Å². The third-order valence-electron chi connectivity index (χ3n) is 5.02. The van der Waals surface area contributed by atoms with Crippen molar-refractivity contribution in [3.63, 3.8) is 0 Å². The molecule has 2 aromatic heterocycles. The first-order valence-corrected chi connectivity index (χ1v) is 11.3. The summed E-state index contributed by atoms with van der Waals surface area (Å²) < 4.78 is 0.772. The Kier molecular flexibility index (Phi) is 6.10. The van der Waals surface area contributed by atoms with Crippen LogP contribution in [0, 0.1) is 19.8 Å². The maximum absolute atomic E-state index is 12.7. The molecule has 1 aliphatic heterocycles. The molecule has 0 spiro atoms. The van der Waals surface area contributed by atoms with Crippen LogP contribution >= 0.6 is 23.1 Å². The zero-order chi connectivity index (χ0) is 21.1. The molecule has 154 valence electrons. The summed E-state index contributed by atoms with van der Waals surface area (Å²) in [4.78, 5) is 30.9. The number of rotatable bonds is 6. The molecule has 4 rings (SSSR count). The summed E-state index contributed by atoms with van der Waals surface area (Å²) in [5.74, 6) is 0.0888. The molecule has 9 heteroatoms. The predicted molar refractivity (Wildman–Crippen MR) is 119 cm³/mol. The zero-order valence-electron chi connectivity index (χ0n) is 16.7. The van der Waals surface area contributed by atoms with Gasteiger partial charge in [0.1, 0.15) is 0 Å². The number of thioether (sulfide) groups is 1. The number of aryl methyl sites for hydroxylation is 2. The van der Waals surface area contributed by atoms with Gasteiger partial charge in [0, 0.05) is 36.8 Å². The highest BCUT2D eigenvalue weighted by atomic mass is 32.2. The Morgan fingerprint density at radius 1 is 1.27 bits per heavy atom. The average Bonchev–Trinajstić information content (AvgIpc) is 3.36. The van der Waals surface area contributed by atoms with E-state index in [1.165, 1.54) is 16.9 Å². The van der Waals surface area contributed by atoms with E-state index in [4.69, 9.17) is 0 Å². The molecule has 3 aromatic rings. The van der Waals surface area contributed by atoms with Crippen LogP contribution in [-0.4, -0.2) is 33.5 Å². The maximum Gasteiger partial charge on any atom is 0.231 e. The van der Waals surface area contributed by atoms with Crippen molar-refractivity contribution >= 4 is 45.7 Å². The highest BCUT2D eigenvalue weighted by Gasteiger charge is 2.35. The fourth-order valence-corrected chi connectivity index (χ4v) is 4.87. The monoisotopic (exact) mass is 439 g/mol. The van der Waals surface area contributed by atoms with Gasteiger partial charge in [-0.15, -0.1) is 10.2 Å². The normalized spacial score (nSPS) is 16.1. The lowest BCUT2D eigenvalue weighted by Crippen LogP contribution is -2.28. The van der Waals surface area contributed by atoms with E-state index in [-0.39, 0.29) is 18.2 Å². The molecule has 1 N–H and O–H groups in total. The van der Waals surface area contributed by atoms with E-state index in [0.717, 1.165) is 26.9 Å². The lowest BCUT2D eigenvalue weighted by atomic mass is 10.1. The number of pyridine rings is 1. The van der Waals surface area contributed by atoms with Gasteiger partial charge in [-0.25, -0.2) is 0 Å². The molecule has 1 atom stereocenters. The zero-order valence-corrected chi connectivity index (χ0v) is 18.3. The van der Waals surface area contributed by atoms with Crippen molar-refractivity contribution in [3.05, 3.63) is 59.4 Å². The van der Waals surface area contributed by atoms with Crippen LogP contribution in [0.3, 0.4) is 0 Å². The van der Waals surface area contributed by atoms with Crippen molar-refractivity contribution in [3.8, 4) is 0 Å². The smallest absolute Gasteiger partial charge is 0.231 e. The van der Waals surface area contributed by atoms with Crippen molar-refractivity contribution in [1.82, 2.24) is 15.2 Å². The van der Waals surface area contributed by atoms with Gasteiger partial charge in [-0.3, -0.25) is 14.6 Å². The molecule has 7 nitrogen and oxygen atoms in total. The van der Waals surface area contributed by atoms with Crippen molar-refractivity contribution in [2.75, 3.05) is 16.8 Å². The van der Waals surface area contributed by atoms with E-state index >= 15 is 0 Å². The molecule has 0 bridgehead atoms. The molecule has 1 aliphatic rings. The summed E-state index contributed by atoms with van der Waals surface area (Å²) in [6.07, 6.45) is 3.75. The summed E-state index contributed by atoms with van der Waals surface area (Å²) in [5, 5.41) is 11.5. The number of hydrogen-bond donors (Lipinski definition) is 1. The minimum atomic E-state index is -0.408. The van der Waals surface area contributed by atoms with Gasteiger partial charge in [0.05, 0.1) is 5.92 Å². The third-order valence-corrected chi connectivity index (χ3v) is 7.06. The maximum atomic E-state index is 12.7. The van der Waals surface area contributed by atoms with Gasteiger partial charge < -0.3 is 10.2 Å². The fraction of sp³-hybridized carbons (Fsp3) is 0.286. The molecule has 0 saturated carbocycles. The number of benzene rings is 1. The van der Waals surface area contributed by atoms with Crippen LogP contribution in [0.25, 0.3) is 0 Å². The average molecular weight is 440 g/mol. The van der Waals surface area contributed by atoms with Crippen LogP contribution in [-0.2, 0) is 15.3 Å². The van der Waals surface area contributed by atoms with Gasteiger partial charge in [0.2, 0.25) is 16.9 Å². The first-order valence-electron chi connectivity index (χ1n) is 9.53. The molecule has 1 aromatic carbocycles. The number of hydrogen-bond acceptors (Lipinski definition) is 7. The Morgan fingerprint density at radius 2 is 2.13 bits per heavy atom. The number of carbonyl (C=O) groups is 2. The molecular weight excluding hydrogens is 418 g/mol. The Morgan fingerprint density at radius 3 is 2.90 bits per heavy atom. The van der Waals surface area contributed by atoms with E-state index in [1.54, 1.807) is 22.9 Å². The van der Waals surface area contributed by atoms with E-state index in [9.17, 15) is 9.59 Å². The summed E-state index contributed by atoms with van der Waals surface area (Å²) in [5.41, 5.74) is 4.23. The number of nitrogens with zero attached hydrogens (tertiary/aromatic N) is 4. The standard InChI is InChI=1S/C21H21N5O2S2/c1-13-5-6-17(8-14(13)2)26-11-16(9-18(26)27)19(28)23-20-24-25-21(30-20)29-12-15-4-3-7-22-10-15/h3-8,10,16H,9,11-12H2,1-2H3,(H,23,24,28)/t16-/m0/s1. The fourth-order valence-electron chi connectivity index (χ4n) is 3.18. The molecule has 1 fully saturated rings. The van der Waals surface area contributed by atoms with Crippen LogP contribution < -0.4 is 10.2 Å². The van der Waals surface area contributed by atoms with Gasteiger partial charge >= 0.3 is 0 Å². The topological polar surface area (TPSA) is 88.1 Å². The quantitative estimate of drug-likeness (QED) is 0.464. The first-order chi connectivity index (χ1) is 14.5. The minimum absolute atomic E-state index is 0.0385. The van der Waals surface area contributed by atoms with Crippen molar-refractivity contribution in [2.45, 2.75) is 30.4 Å². The number of anilines is 2. The second-order valence-electron chi connectivity index (χ2n) is 7.19. The lowest BCUT2D eigenvalue weighted by molar-refractivity contribution is -0.122. The highest BCUT2D eigenvalue weighted by Crippen LogP contribution is 2.30. The SMILES string of the molecule is Cc1ccc(N2C[C@@H](C(=O)Nc3nnc(SCc4cccnc4)s3)CC2=O)cc1C. The molecule has 0 aliphatic carbocycles. The second-order valence-corrected chi connectivity index (χ2v) is 9.39. The van der Waals surface area contributed by atoms with Crippen LogP contribution in [0.4, 0.5) is 10.8 Å². The summed E-state index contributed by atoms with van der Waals surface area (Å²) in [6, 6.07) is 9.81. The molecule has 2 amide bonds. The third kappa shape index (κ3) is 4.68. The van der Waals surface area contributed by atoms with E-state index < -0.39 is 5.92 Å². The Bertz CT molecular complexity index is 1070. The molecule has 0 unspecified atom stereocenters. The molecule has 30 heavy (non-hydrogen) atoms. The molecule has 1 saturated heterocycles. The molecule has 3 heterocycles. The Balaban J connectivity index is 1.34. The van der Waals surface area contributed by atoms with Crippen LogP contribution in [0.1, 0.15) is 23.1 Å². The number of amides is 2. The van der Waals surface area contributed by atoms with E-state index in [1.807, 2.05) is 50.4 Å². The summed E-state index contributed by atoms with van der Waals surface area (Å²) >= 11 is 2.88. The Labute approximate surface area is 182 Å². The van der Waals surface area contributed by atoms with E-state index in [2.05, 4.69) is 20.5 Å². The molecule has 0 radical (unpaired) electrons. The van der Waals surface area contributed by atoms with Crippen LogP contribution in [0.15, 0.2) is 47.1 Å². The summed E-state index contributed by atoms with van der Waals surface area (Å²) in [7, 11) is 0. The second kappa shape index (κ2) is 8.93. The lowest BCUT2D eigenvalue weighted by Gasteiger charge is -2.17. The van der Waals surface area contributed by atoms with Gasteiger partial charge in [-0.1, -0.05) is 35.2 Å². The summed E-state index contributed by atoms with van der Waals surface area (Å²) in [6.45, 7) is 4.42. The Hall–Kier alpha value is -2.78. The largest absolute Gasteiger partial charge is 0.312 e. The molecular formula is C21H21N5O2S2. The minimum Gasteiger partial charge on any atom is -0.312 e. The first kappa shape index (κ1) is 20.5. The van der Waals surface area contributed by atoms with Gasteiger partial charge in [0.15, 0.2) is 4.34 Å². The van der Waals surface area contributed by atoms with Crippen LogP contribution in [0.2, 0.25) is 0 Å². The van der Waals surface area contributed by atoms with Crippen molar-refractivity contribution in [1.29, 1.82) is 0 Å². The number of aromatic nitrogens is 3. The number of carbonyl (C=O) groups excluding carboxylic acids is 2. The van der Waals surface area contributed by atoms with Gasteiger partial charge in [-0.2, -0.15) is 0 Å². The number of nitrogens with one attached hydrogen (secondary N) is 1. The van der Waals surface area contributed by atoms with Crippen LogP contribution in [0.5, 0.6) is 0 Å². The predicted octanol–water partition coefficient (Wildman–Crippen LogP) is 3.83. The van der Waals surface area contributed by atoms with Gasteiger partial charge in [-0.05, 0) is 48.7 Å².